The Morgan fingerprint density at radius 3 is 2.68 bits per heavy atom. The van der Waals surface area contributed by atoms with Crippen LogP contribution in [-0.2, 0) is 17.8 Å². The SMILES string of the molecule is CN=C(NCCCOC)NCc1ccc(CN2CCCC(C)C2)cc1. The normalized spacial score (nSPS) is 19.0. The van der Waals surface area contributed by atoms with Crippen molar-refractivity contribution in [1.29, 1.82) is 0 Å². The average molecular weight is 347 g/mol. The number of guanidine groups is 1. The molecule has 0 saturated carbocycles. The molecule has 1 unspecified atom stereocenters. The van der Waals surface area contributed by atoms with E-state index in [-0.39, 0.29) is 0 Å². The van der Waals surface area contributed by atoms with E-state index in [0.29, 0.717) is 0 Å². The summed E-state index contributed by atoms with van der Waals surface area (Å²) in [6.45, 7) is 8.30. The molecule has 0 aliphatic carbocycles. The van der Waals surface area contributed by atoms with Gasteiger partial charge in [-0.1, -0.05) is 31.2 Å². The first kappa shape index (κ1) is 19.7. The van der Waals surface area contributed by atoms with E-state index in [1.165, 1.54) is 37.1 Å². The van der Waals surface area contributed by atoms with Gasteiger partial charge in [0.2, 0.25) is 0 Å². The summed E-state index contributed by atoms with van der Waals surface area (Å²) < 4.78 is 5.05. The molecule has 0 amide bonds. The molecule has 140 valence electrons. The molecule has 1 aromatic rings. The number of rotatable bonds is 8. The van der Waals surface area contributed by atoms with Gasteiger partial charge in [0.25, 0.3) is 0 Å². The Morgan fingerprint density at radius 2 is 2.00 bits per heavy atom. The Balaban J connectivity index is 1.73. The minimum atomic E-state index is 0.765. The summed E-state index contributed by atoms with van der Waals surface area (Å²) in [6.07, 6.45) is 3.68. The first-order valence-corrected chi connectivity index (χ1v) is 9.45. The maximum absolute atomic E-state index is 5.05. The Bertz CT molecular complexity index is 515. The second kappa shape index (κ2) is 11.1. The van der Waals surface area contributed by atoms with Gasteiger partial charge in [0.05, 0.1) is 0 Å². The second-order valence-electron chi connectivity index (χ2n) is 7.00. The van der Waals surface area contributed by atoms with Crippen LogP contribution in [0.15, 0.2) is 29.3 Å². The van der Waals surface area contributed by atoms with E-state index in [4.69, 9.17) is 4.74 Å². The number of piperidine rings is 1. The molecule has 1 aliphatic rings. The van der Waals surface area contributed by atoms with Gasteiger partial charge < -0.3 is 15.4 Å². The molecule has 0 bridgehead atoms. The third-order valence-electron chi connectivity index (χ3n) is 4.67. The van der Waals surface area contributed by atoms with E-state index in [2.05, 4.69) is 51.7 Å². The molecule has 1 saturated heterocycles. The lowest BCUT2D eigenvalue weighted by molar-refractivity contribution is 0.176. The fraction of sp³-hybridized carbons (Fsp3) is 0.650. The first-order valence-electron chi connectivity index (χ1n) is 9.45. The zero-order chi connectivity index (χ0) is 17.9. The number of hydrogen-bond acceptors (Lipinski definition) is 3. The lowest BCUT2D eigenvalue weighted by Crippen LogP contribution is -2.37. The second-order valence-corrected chi connectivity index (χ2v) is 7.00. The minimum absolute atomic E-state index is 0.765. The van der Waals surface area contributed by atoms with Gasteiger partial charge in [0.15, 0.2) is 5.96 Å². The van der Waals surface area contributed by atoms with Crippen LogP contribution in [-0.4, -0.2) is 51.3 Å². The molecule has 0 radical (unpaired) electrons. The standard InChI is InChI=1S/C20H34N4O/c1-17-6-4-12-24(15-17)16-19-9-7-18(8-10-19)14-23-20(21-2)22-11-5-13-25-3/h7-10,17H,4-6,11-16H2,1-3H3,(H2,21,22,23). The van der Waals surface area contributed by atoms with Crippen molar-refractivity contribution < 1.29 is 4.74 Å². The van der Waals surface area contributed by atoms with Crippen LogP contribution in [0.1, 0.15) is 37.3 Å². The van der Waals surface area contributed by atoms with Gasteiger partial charge in [-0.2, -0.15) is 0 Å². The maximum atomic E-state index is 5.05. The summed E-state index contributed by atoms with van der Waals surface area (Å²) in [5, 5.41) is 6.65. The summed E-state index contributed by atoms with van der Waals surface area (Å²) >= 11 is 0. The van der Waals surface area contributed by atoms with Crippen LogP contribution in [0.5, 0.6) is 0 Å². The first-order chi connectivity index (χ1) is 12.2. The molecule has 1 fully saturated rings. The number of nitrogens with zero attached hydrogens (tertiary/aromatic N) is 2. The molecule has 5 nitrogen and oxygen atoms in total. The van der Waals surface area contributed by atoms with Gasteiger partial charge in [0, 0.05) is 46.9 Å². The molecule has 0 spiro atoms. The highest BCUT2D eigenvalue weighted by Crippen LogP contribution is 2.18. The number of likely N-dealkylation sites (tertiary alicyclic amines) is 1. The summed E-state index contributed by atoms with van der Waals surface area (Å²) in [7, 11) is 3.52. The van der Waals surface area contributed by atoms with Crippen molar-refractivity contribution in [2.45, 2.75) is 39.3 Å². The molecule has 1 heterocycles. The number of methoxy groups -OCH3 is 1. The Hall–Kier alpha value is -1.59. The van der Waals surface area contributed by atoms with E-state index in [9.17, 15) is 0 Å². The smallest absolute Gasteiger partial charge is 0.191 e. The molecule has 1 aliphatic heterocycles. The third kappa shape index (κ3) is 7.45. The fourth-order valence-corrected chi connectivity index (χ4v) is 3.28. The van der Waals surface area contributed by atoms with Crippen molar-refractivity contribution in [3.63, 3.8) is 0 Å². The molecule has 1 aromatic carbocycles. The molecule has 2 N–H and O–H groups in total. The van der Waals surface area contributed by atoms with Gasteiger partial charge >= 0.3 is 0 Å². The predicted molar refractivity (Wildman–Crippen MR) is 105 cm³/mol. The molecule has 1 atom stereocenters. The van der Waals surface area contributed by atoms with Gasteiger partial charge in [-0.3, -0.25) is 9.89 Å². The van der Waals surface area contributed by atoms with Gasteiger partial charge in [0.1, 0.15) is 0 Å². The van der Waals surface area contributed by atoms with Crippen LogP contribution in [0.4, 0.5) is 0 Å². The van der Waals surface area contributed by atoms with Crippen molar-refractivity contribution in [2.24, 2.45) is 10.9 Å². The van der Waals surface area contributed by atoms with E-state index in [1.807, 2.05) is 0 Å². The molecule has 5 heteroatoms. The minimum Gasteiger partial charge on any atom is -0.385 e. The van der Waals surface area contributed by atoms with Crippen molar-refractivity contribution in [1.82, 2.24) is 15.5 Å². The lowest BCUT2D eigenvalue weighted by atomic mass is 9.99. The zero-order valence-corrected chi connectivity index (χ0v) is 16.1. The quantitative estimate of drug-likeness (QED) is 0.432. The number of hydrogen-bond donors (Lipinski definition) is 2. The third-order valence-corrected chi connectivity index (χ3v) is 4.67. The highest BCUT2D eigenvalue weighted by molar-refractivity contribution is 5.79. The van der Waals surface area contributed by atoms with Crippen molar-refractivity contribution in [3.05, 3.63) is 35.4 Å². The Morgan fingerprint density at radius 1 is 1.24 bits per heavy atom. The van der Waals surface area contributed by atoms with Crippen LogP contribution < -0.4 is 10.6 Å². The summed E-state index contributed by atoms with van der Waals surface area (Å²) in [6, 6.07) is 8.94. The van der Waals surface area contributed by atoms with Crippen LogP contribution >= 0.6 is 0 Å². The van der Waals surface area contributed by atoms with Crippen molar-refractivity contribution >= 4 is 5.96 Å². The van der Waals surface area contributed by atoms with Crippen LogP contribution in [0, 0.1) is 5.92 Å². The number of aliphatic imine (C=N–C) groups is 1. The highest BCUT2D eigenvalue weighted by atomic mass is 16.5. The molecule has 25 heavy (non-hydrogen) atoms. The fourth-order valence-electron chi connectivity index (χ4n) is 3.28. The van der Waals surface area contributed by atoms with Crippen molar-refractivity contribution in [2.75, 3.05) is 40.4 Å². The van der Waals surface area contributed by atoms with Crippen LogP contribution in [0.2, 0.25) is 0 Å². The maximum Gasteiger partial charge on any atom is 0.191 e. The molecule has 2 rings (SSSR count). The van der Waals surface area contributed by atoms with Gasteiger partial charge in [-0.05, 0) is 42.9 Å². The van der Waals surface area contributed by atoms with Gasteiger partial charge in [-0.25, -0.2) is 0 Å². The number of ether oxygens (including phenoxy) is 1. The van der Waals surface area contributed by atoms with Crippen molar-refractivity contribution in [3.8, 4) is 0 Å². The molecule has 0 aromatic heterocycles. The van der Waals surface area contributed by atoms with Gasteiger partial charge in [-0.15, -0.1) is 0 Å². The zero-order valence-electron chi connectivity index (χ0n) is 16.1. The Kier molecular flexibility index (Phi) is 8.77. The van der Waals surface area contributed by atoms with E-state index in [0.717, 1.165) is 44.5 Å². The number of benzene rings is 1. The predicted octanol–water partition coefficient (Wildman–Crippen LogP) is 2.62. The summed E-state index contributed by atoms with van der Waals surface area (Å²) in [5.74, 6) is 1.67. The summed E-state index contributed by atoms with van der Waals surface area (Å²) in [5.41, 5.74) is 2.68. The average Bonchev–Trinajstić information content (AvgIpc) is 2.62. The summed E-state index contributed by atoms with van der Waals surface area (Å²) in [4.78, 5) is 6.83. The van der Waals surface area contributed by atoms with E-state index < -0.39 is 0 Å². The molecular weight excluding hydrogens is 312 g/mol. The van der Waals surface area contributed by atoms with E-state index in [1.54, 1.807) is 14.2 Å². The topological polar surface area (TPSA) is 48.9 Å². The molecular formula is C20H34N4O. The highest BCUT2D eigenvalue weighted by Gasteiger charge is 2.16. The van der Waals surface area contributed by atoms with E-state index >= 15 is 0 Å². The largest absolute Gasteiger partial charge is 0.385 e. The monoisotopic (exact) mass is 346 g/mol. The van der Waals surface area contributed by atoms with Crippen LogP contribution in [0.3, 0.4) is 0 Å². The lowest BCUT2D eigenvalue weighted by Gasteiger charge is -2.30. The van der Waals surface area contributed by atoms with Crippen LogP contribution in [0.25, 0.3) is 0 Å². The Labute approximate surface area is 152 Å². The number of nitrogens with one attached hydrogen (secondary N) is 2.